The summed E-state index contributed by atoms with van der Waals surface area (Å²) in [5.41, 5.74) is 5.29. The number of nitrogens with zero attached hydrogens (tertiary/aromatic N) is 6. The lowest BCUT2D eigenvalue weighted by molar-refractivity contribution is -0.0491. The number of hydrogen-bond donors (Lipinski definition) is 1. The van der Waals surface area contributed by atoms with Gasteiger partial charge >= 0.3 is 0 Å². The van der Waals surface area contributed by atoms with Crippen molar-refractivity contribution >= 4 is 16.6 Å². The molecule has 8 heteroatoms. The number of benzene rings is 1. The van der Waals surface area contributed by atoms with Gasteiger partial charge in [-0.1, -0.05) is 0 Å². The molecule has 0 bridgehead atoms. The Bertz CT molecular complexity index is 1210. The van der Waals surface area contributed by atoms with Crippen LogP contribution >= 0.6 is 0 Å². The van der Waals surface area contributed by atoms with Crippen LogP contribution in [0.5, 0.6) is 0 Å². The number of fused-ring (bicyclic) bond motifs is 2. The quantitative estimate of drug-likeness (QED) is 0.661. The number of hydrogen-bond acceptors (Lipinski definition) is 7. The van der Waals surface area contributed by atoms with E-state index in [9.17, 15) is 5.26 Å². The Labute approximate surface area is 193 Å². The highest BCUT2D eigenvalue weighted by Gasteiger charge is 2.35. The van der Waals surface area contributed by atoms with E-state index in [0.717, 1.165) is 68.8 Å². The Balaban J connectivity index is 1.14. The van der Waals surface area contributed by atoms with Gasteiger partial charge in [-0.3, -0.25) is 14.6 Å². The fraction of sp³-hybridized carbons (Fsp3) is 0.480. The largest absolute Gasteiger partial charge is 0.370 e. The Hall–Kier alpha value is -2.99. The van der Waals surface area contributed by atoms with Gasteiger partial charge in [0.25, 0.3) is 0 Å². The Morgan fingerprint density at radius 1 is 1.21 bits per heavy atom. The predicted octanol–water partition coefficient (Wildman–Crippen LogP) is 2.10. The number of nitrogens with one attached hydrogen (secondary N) is 1. The molecule has 2 saturated heterocycles. The minimum absolute atomic E-state index is 0.144. The summed E-state index contributed by atoms with van der Waals surface area (Å²) in [7, 11) is 0. The molecular formula is C25H29N7O. The van der Waals surface area contributed by atoms with E-state index < -0.39 is 0 Å². The maximum Gasteiger partial charge on any atom is 0.101 e. The van der Waals surface area contributed by atoms with Crippen LogP contribution in [0, 0.1) is 11.3 Å². The Morgan fingerprint density at radius 2 is 2.12 bits per heavy atom. The van der Waals surface area contributed by atoms with E-state index in [1.165, 1.54) is 11.3 Å². The molecule has 0 amide bonds. The molecule has 1 aromatic carbocycles. The van der Waals surface area contributed by atoms with E-state index >= 15 is 0 Å². The van der Waals surface area contributed by atoms with Gasteiger partial charge in [0.2, 0.25) is 0 Å². The summed E-state index contributed by atoms with van der Waals surface area (Å²) in [6.07, 6.45) is 5.18. The van der Waals surface area contributed by atoms with E-state index in [2.05, 4.69) is 61.2 Å². The fourth-order valence-corrected chi connectivity index (χ4v) is 5.57. The molecule has 0 saturated carbocycles. The van der Waals surface area contributed by atoms with E-state index in [0.29, 0.717) is 11.6 Å². The van der Waals surface area contributed by atoms with Crippen LogP contribution in [-0.4, -0.2) is 71.1 Å². The van der Waals surface area contributed by atoms with Gasteiger partial charge in [0, 0.05) is 56.5 Å². The first-order valence-corrected chi connectivity index (χ1v) is 11.9. The molecule has 3 aliphatic heterocycles. The van der Waals surface area contributed by atoms with Crippen molar-refractivity contribution in [3.8, 4) is 6.07 Å². The number of aromatic nitrogens is 3. The number of nitriles is 1. The van der Waals surface area contributed by atoms with Gasteiger partial charge < -0.3 is 15.0 Å². The summed E-state index contributed by atoms with van der Waals surface area (Å²) in [5.74, 6) is 0. The van der Waals surface area contributed by atoms with Crippen LogP contribution in [0.15, 0.2) is 36.7 Å². The zero-order chi connectivity index (χ0) is 22.4. The van der Waals surface area contributed by atoms with Crippen LogP contribution in [0.1, 0.15) is 29.8 Å². The van der Waals surface area contributed by atoms with Gasteiger partial charge in [-0.2, -0.15) is 10.4 Å². The van der Waals surface area contributed by atoms with Crippen molar-refractivity contribution in [2.24, 2.45) is 0 Å². The summed E-state index contributed by atoms with van der Waals surface area (Å²) in [6.45, 7) is 8.75. The normalized spacial score (nSPS) is 23.8. The van der Waals surface area contributed by atoms with Crippen LogP contribution in [0.4, 0.5) is 5.69 Å². The van der Waals surface area contributed by atoms with Gasteiger partial charge in [-0.05, 0) is 49.7 Å². The average Bonchev–Trinajstić information content (AvgIpc) is 3.23. The van der Waals surface area contributed by atoms with Crippen LogP contribution in [0.2, 0.25) is 0 Å². The van der Waals surface area contributed by atoms with Crippen molar-refractivity contribution in [2.45, 2.75) is 38.1 Å². The standard InChI is InChI=1S/C25H29N7O/c1-17-12-31(23-5-4-18(9-26)25-22(23)3-2-7-28-25)16-21(33-17)15-30-13-20(14-30)32-24-11-27-8-6-19(24)10-29-32/h2-5,7,10,17,20-21,27H,6,8,11-16H2,1H3. The molecule has 2 unspecified atom stereocenters. The smallest absolute Gasteiger partial charge is 0.101 e. The van der Waals surface area contributed by atoms with E-state index in [1.807, 2.05) is 12.1 Å². The van der Waals surface area contributed by atoms with Crippen molar-refractivity contribution in [3.05, 3.63) is 53.5 Å². The number of rotatable bonds is 4. The van der Waals surface area contributed by atoms with Crippen molar-refractivity contribution in [3.63, 3.8) is 0 Å². The lowest BCUT2D eigenvalue weighted by atomic mass is 10.0. The molecule has 1 N–H and O–H groups in total. The Morgan fingerprint density at radius 3 is 3.00 bits per heavy atom. The number of morpholine rings is 1. The second kappa shape index (κ2) is 8.41. The molecular weight excluding hydrogens is 414 g/mol. The van der Waals surface area contributed by atoms with Gasteiger partial charge in [-0.15, -0.1) is 0 Å². The molecule has 0 radical (unpaired) electrons. The van der Waals surface area contributed by atoms with Crippen molar-refractivity contribution < 1.29 is 4.74 Å². The van der Waals surface area contributed by atoms with E-state index in [4.69, 9.17) is 4.74 Å². The summed E-state index contributed by atoms with van der Waals surface area (Å²) in [6, 6.07) is 10.7. The summed E-state index contributed by atoms with van der Waals surface area (Å²) >= 11 is 0. The molecule has 2 fully saturated rings. The first-order chi connectivity index (χ1) is 16.2. The first-order valence-electron chi connectivity index (χ1n) is 11.9. The summed E-state index contributed by atoms with van der Waals surface area (Å²) in [4.78, 5) is 9.36. The lowest BCUT2D eigenvalue weighted by Gasteiger charge is -2.45. The third kappa shape index (κ3) is 3.76. The first kappa shape index (κ1) is 20.6. The van der Waals surface area contributed by atoms with Crippen molar-refractivity contribution in [1.29, 1.82) is 5.26 Å². The molecule has 33 heavy (non-hydrogen) atoms. The van der Waals surface area contributed by atoms with Crippen LogP contribution in [0.25, 0.3) is 10.9 Å². The number of pyridine rings is 1. The molecule has 6 rings (SSSR count). The molecule has 0 spiro atoms. The van der Waals surface area contributed by atoms with E-state index in [1.54, 1.807) is 6.20 Å². The van der Waals surface area contributed by atoms with Gasteiger partial charge in [-0.25, -0.2) is 0 Å². The molecule has 2 atom stereocenters. The fourth-order valence-electron chi connectivity index (χ4n) is 5.57. The predicted molar refractivity (Wildman–Crippen MR) is 126 cm³/mol. The minimum Gasteiger partial charge on any atom is -0.370 e. The SMILES string of the molecule is CC1CN(c2ccc(C#N)c3ncccc23)CC(CN2CC(n3ncc4c3CNCC4)C2)O1. The third-order valence-corrected chi connectivity index (χ3v) is 7.13. The molecule has 3 aromatic rings. The summed E-state index contributed by atoms with van der Waals surface area (Å²) < 4.78 is 8.57. The highest BCUT2D eigenvalue weighted by molar-refractivity contribution is 5.95. The van der Waals surface area contributed by atoms with Gasteiger partial charge in [0.1, 0.15) is 6.07 Å². The zero-order valence-electron chi connectivity index (χ0n) is 18.9. The average molecular weight is 444 g/mol. The highest BCUT2D eigenvalue weighted by Crippen LogP contribution is 2.31. The van der Waals surface area contributed by atoms with Crippen LogP contribution < -0.4 is 10.2 Å². The third-order valence-electron chi connectivity index (χ3n) is 7.13. The maximum absolute atomic E-state index is 9.47. The second-order valence-corrected chi connectivity index (χ2v) is 9.48. The minimum atomic E-state index is 0.144. The van der Waals surface area contributed by atoms with Crippen molar-refractivity contribution in [1.82, 2.24) is 25.0 Å². The second-order valence-electron chi connectivity index (χ2n) is 9.48. The molecule has 0 aliphatic carbocycles. The molecule has 8 nitrogen and oxygen atoms in total. The maximum atomic E-state index is 9.47. The lowest BCUT2D eigenvalue weighted by Crippen LogP contribution is -2.56. The van der Waals surface area contributed by atoms with Gasteiger partial charge in [0.05, 0.1) is 41.2 Å². The van der Waals surface area contributed by atoms with E-state index in [-0.39, 0.29) is 12.2 Å². The summed E-state index contributed by atoms with van der Waals surface area (Å²) in [5, 5.41) is 18.7. The highest BCUT2D eigenvalue weighted by atomic mass is 16.5. The molecule has 5 heterocycles. The van der Waals surface area contributed by atoms with Crippen LogP contribution in [-0.2, 0) is 17.7 Å². The van der Waals surface area contributed by atoms with Gasteiger partial charge in [0.15, 0.2) is 0 Å². The topological polar surface area (TPSA) is 82.2 Å². The molecule has 2 aromatic heterocycles. The molecule has 170 valence electrons. The number of ether oxygens (including phenoxy) is 1. The van der Waals surface area contributed by atoms with Crippen LogP contribution in [0.3, 0.4) is 0 Å². The number of likely N-dealkylation sites (tertiary alicyclic amines) is 1. The monoisotopic (exact) mass is 443 g/mol. The Kier molecular flexibility index (Phi) is 5.25. The molecule has 3 aliphatic rings. The number of anilines is 1. The zero-order valence-corrected chi connectivity index (χ0v) is 18.9. The van der Waals surface area contributed by atoms with Crippen molar-refractivity contribution in [2.75, 3.05) is 44.2 Å².